The van der Waals surface area contributed by atoms with Gasteiger partial charge in [-0.15, -0.1) is 18.3 Å². The lowest BCUT2D eigenvalue weighted by molar-refractivity contribution is 0.102. The molecule has 0 unspecified atom stereocenters. The summed E-state index contributed by atoms with van der Waals surface area (Å²) in [6, 6.07) is 14.1. The van der Waals surface area contributed by atoms with E-state index in [0.717, 1.165) is 21.9 Å². The van der Waals surface area contributed by atoms with Crippen molar-refractivity contribution >= 4 is 29.4 Å². The third-order valence-corrected chi connectivity index (χ3v) is 4.24. The van der Waals surface area contributed by atoms with E-state index in [1.165, 1.54) is 0 Å². The number of amides is 3. The Bertz CT molecular complexity index is 729. The van der Waals surface area contributed by atoms with Crippen LogP contribution in [0.5, 0.6) is 0 Å². The molecular weight excluding hydrogens is 322 g/mol. The van der Waals surface area contributed by atoms with Gasteiger partial charge in [0.25, 0.3) is 5.91 Å². The number of rotatable bonds is 7. The van der Waals surface area contributed by atoms with Crippen molar-refractivity contribution in [2.24, 2.45) is 5.73 Å². The molecule has 0 fully saturated rings. The van der Waals surface area contributed by atoms with E-state index in [9.17, 15) is 9.59 Å². The maximum atomic E-state index is 12.4. The third kappa shape index (κ3) is 5.17. The first-order chi connectivity index (χ1) is 11.6. The average molecular weight is 341 g/mol. The van der Waals surface area contributed by atoms with Crippen LogP contribution in [0.1, 0.15) is 15.9 Å². The summed E-state index contributed by atoms with van der Waals surface area (Å²) in [5.74, 6) is 0.588. The monoisotopic (exact) mass is 341 g/mol. The molecular formula is C18H19N3O2S. The molecule has 0 aliphatic rings. The van der Waals surface area contributed by atoms with Crippen molar-refractivity contribution in [1.82, 2.24) is 5.32 Å². The highest BCUT2D eigenvalue weighted by Gasteiger charge is 2.09. The lowest BCUT2D eigenvalue weighted by Gasteiger charge is -2.10. The summed E-state index contributed by atoms with van der Waals surface area (Å²) in [4.78, 5) is 24.1. The van der Waals surface area contributed by atoms with Crippen LogP contribution in [0.15, 0.2) is 66.1 Å². The van der Waals surface area contributed by atoms with Crippen molar-refractivity contribution < 1.29 is 9.59 Å². The second kappa shape index (κ2) is 8.79. The zero-order chi connectivity index (χ0) is 17.4. The molecule has 2 rings (SSSR count). The fourth-order valence-electron chi connectivity index (χ4n) is 2.00. The topological polar surface area (TPSA) is 84.2 Å². The quantitative estimate of drug-likeness (QED) is 0.533. The number of hydrogen-bond donors (Lipinski definition) is 3. The van der Waals surface area contributed by atoms with Crippen LogP contribution < -0.4 is 16.4 Å². The number of anilines is 1. The molecule has 0 aliphatic carbocycles. The molecule has 2 aromatic rings. The number of hydrogen-bond acceptors (Lipinski definition) is 3. The zero-order valence-electron chi connectivity index (χ0n) is 13.1. The van der Waals surface area contributed by atoms with E-state index in [-0.39, 0.29) is 5.91 Å². The Morgan fingerprint density at radius 2 is 1.83 bits per heavy atom. The molecule has 0 atom stereocenters. The summed E-state index contributed by atoms with van der Waals surface area (Å²) in [6.45, 7) is 4.04. The molecule has 0 bridgehead atoms. The summed E-state index contributed by atoms with van der Waals surface area (Å²) < 4.78 is 0. The molecule has 4 N–H and O–H groups in total. The Morgan fingerprint density at radius 3 is 2.50 bits per heavy atom. The molecule has 0 spiro atoms. The lowest BCUT2D eigenvalue weighted by Crippen LogP contribution is -2.28. The lowest BCUT2D eigenvalue weighted by atomic mass is 10.1. The Morgan fingerprint density at radius 1 is 1.12 bits per heavy atom. The predicted molar refractivity (Wildman–Crippen MR) is 98.2 cm³/mol. The highest BCUT2D eigenvalue weighted by molar-refractivity contribution is 7.99. The van der Waals surface area contributed by atoms with Crippen molar-refractivity contribution in [3.8, 4) is 0 Å². The number of urea groups is 1. The molecule has 0 aliphatic heterocycles. The summed E-state index contributed by atoms with van der Waals surface area (Å²) in [5.41, 5.74) is 7.21. The molecule has 6 heteroatoms. The smallest absolute Gasteiger partial charge is 0.312 e. The Labute approximate surface area is 145 Å². The first-order valence-electron chi connectivity index (χ1n) is 7.36. The molecule has 0 saturated carbocycles. The van der Waals surface area contributed by atoms with E-state index in [1.807, 2.05) is 30.3 Å². The molecule has 5 nitrogen and oxygen atoms in total. The van der Waals surface area contributed by atoms with E-state index in [4.69, 9.17) is 5.73 Å². The van der Waals surface area contributed by atoms with Crippen LogP contribution in [0, 0.1) is 0 Å². The van der Waals surface area contributed by atoms with Crippen LogP contribution in [0.3, 0.4) is 0 Å². The van der Waals surface area contributed by atoms with E-state index < -0.39 is 6.03 Å². The number of primary amides is 1. The van der Waals surface area contributed by atoms with Crippen LogP contribution in [0.25, 0.3) is 0 Å². The number of carbonyl (C=O) groups is 2. The van der Waals surface area contributed by atoms with Gasteiger partial charge in [-0.2, -0.15) is 0 Å². The number of carbonyl (C=O) groups excluding carboxylic acids is 2. The van der Waals surface area contributed by atoms with Crippen molar-refractivity contribution in [3.05, 3.63) is 72.3 Å². The molecule has 3 amide bonds. The Hall–Kier alpha value is -2.73. The van der Waals surface area contributed by atoms with Crippen molar-refractivity contribution in [3.63, 3.8) is 0 Å². The third-order valence-electron chi connectivity index (χ3n) is 3.17. The molecule has 24 heavy (non-hydrogen) atoms. The molecule has 124 valence electrons. The van der Waals surface area contributed by atoms with Crippen LogP contribution in [0.2, 0.25) is 0 Å². The molecule has 0 aromatic heterocycles. The maximum absolute atomic E-state index is 12.4. The molecule has 2 aromatic carbocycles. The number of nitrogens with two attached hydrogens (primary N) is 1. The fourth-order valence-corrected chi connectivity index (χ4v) is 2.75. The van der Waals surface area contributed by atoms with E-state index >= 15 is 0 Å². The summed E-state index contributed by atoms with van der Waals surface area (Å²) in [6.07, 6.45) is 1.82. The number of benzene rings is 2. The molecule has 0 heterocycles. The van der Waals surface area contributed by atoms with Gasteiger partial charge in [-0.3, -0.25) is 4.79 Å². The van der Waals surface area contributed by atoms with Crippen LogP contribution >= 0.6 is 11.8 Å². The van der Waals surface area contributed by atoms with Crippen LogP contribution in [-0.2, 0) is 6.54 Å². The normalized spacial score (nSPS) is 10.0. The summed E-state index contributed by atoms with van der Waals surface area (Å²) in [5, 5.41) is 5.43. The first-order valence-corrected chi connectivity index (χ1v) is 8.35. The summed E-state index contributed by atoms with van der Waals surface area (Å²) in [7, 11) is 0. The predicted octanol–water partition coefficient (Wildman–Crippen LogP) is 3.39. The second-order valence-electron chi connectivity index (χ2n) is 4.96. The zero-order valence-corrected chi connectivity index (χ0v) is 13.9. The molecule has 0 radical (unpaired) electrons. The van der Waals surface area contributed by atoms with Gasteiger partial charge in [0, 0.05) is 22.8 Å². The first kappa shape index (κ1) is 17.6. The van der Waals surface area contributed by atoms with Gasteiger partial charge in [0.2, 0.25) is 0 Å². The van der Waals surface area contributed by atoms with Gasteiger partial charge >= 0.3 is 6.03 Å². The van der Waals surface area contributed by atoms with E-state index in [1.54, 1.807) is 36.0 Å². The van der Waals surface area contributed by atoms with E-state index in [2.05, 4.69) is 17.2 Å². The Balaban J connectivity index is 2.04. The van der Waals surface area contributed by atoms with Crippen molar-refractivity contribution in [2.75, 3.05) is 11.1 Å². The van der Waals surface area contributed by atoms with Crippen molar-refractivity contribution in [2.45, 2.75) is 11.4 Å². The number of nitrogens with one attached hydrogen (secondary N) is 2. The van der Waals surface area contributed by atoms with Gasteiger partial charge in [0.15, 0.2) is 0 Å². The minimum atomic E-state index is -0.578. The fraction of sp³-hybridized carbons (Fsp3) is 0.111. The maximum Gasteiger partial charge on any atom is 0.312 e. The van der Waals surface area contributed by atoms with Crippen molar-refractivity contribution in [1.29, 1.82) is 0 Å². The minimum absolute atomic E-state index is 0.184. The second-order valence-corrected chi connectivity index (χ2v) is 6.03. The van der Waals surface area contributed by atoms with Gasteiger partial charge in [-0.05, 0) is 29.8 Å². The van der Waals surface area contributed by atoms with Crippen LogP contribution in [0.4, 0.5) is 10.5 Å². The van der Waals surface area contributed by atoms with Gasteiger partial charge in [-0.25, -0.2) is 4.79 Å². The van der Waals surface area contributed by atoms with E-state index in [0.29, 0.717) is 12.1 Å². The largest absolute Gasteiger partial charge is 0.352 e. The van der Waals surface area contributed by atoms with Gasteiger partial charge < -0.3 is 16.4 Å². The minimum Gasteiger partial charge on any atom is -0.352 e. The highest BCUT2D eigenvalue weighted by Crippen LogP contribution is 2.27. The number of thioether (sulfide) groups is 1. The average Bonchev–Trinajstić information content (AvgIpc) is 2.59. The highest BCUT2D eigenvalue weighted by atomic mass is 32.2. The van der Waals surface area contributed by atoms with Gasteiger partial charge in [-0.1, -0.05) is 30.3 Å². The van der Waals surface area contributed by atoms with Crippen LogP contribution in [-0.4, -0.2) is 17.7 Å². The number of para-hydroxylation sites is 1. The SMILES string of the molecule is C=CCSc1ccccc1NC(=O)c1ccc(CNC(N)=O)cc1. The summed E-state index contributed by atoms with van der Waals surface area (Å²) >= 11 is 1.61. The van der Waals surface area contributed by atoms with Gasteiger partial charge in [0.05, 0.1) is 5.69 Å². The van der Waals surface area contributed by atoms with Gasteiger partial charge in [0.1, 0.15) is 0 Å². The standard InChI is InChI=1S/C18H19N3O2S/c1-2-11-24-16-6-4-3-5-15(16)21-17(22)14-9-7-13(8-10-14)12-20-18(19)23/h2-10H,1,11-12H2,(H,21,22)(H3,19,20,23). The molecule has 0 saturated heterocycles. The Kier molecular flexibility index (Phi) is 6.45.